The lowest BCUT2D eigenvalue weighted by Gasteiger charge is -2.40. The quantitative estimate of drug-likeness (QED) is 0.517. The summed E-state index contributed by atoms with van der Waals surface area (Å²) in [4.78, 5) is 30.4. The molecule has 0 saturated carbocycles. The molecule has 2 aliphatic heterocycles. The zero-order valence-corrected chi connectivity index (χ0v) is 23.1. The molecule has 0 radical (unpaired) electrons. The fourth-order valence-electron chi connectivity index (χ4n) is 5.74. The zero-order valence-electron chi connectivity index (χ0n) is 22.4. The van der Waals surface area contributed by atoms with Gasteiger partial charge in [0.2, 0.25) is 5.54 Å². The maximum atomic E-state index is 14.0. The summed E-state index contributed by atoms with van der Waals surface area (Å²) in [6, 6.07) is 12.6. The number of carbonyl (C=O) groups excluding carboxylic acids is 2. The number of halogens is 4. The third kappa shape index (κ3) is 6.19. The highest BCUT2D eigenvalue weighted by molar-refractivity contribution is 6.34. The monoisotopic (exact) mass is 564 g/mol. The molecule has 212 valence electrons. The average molecular weight is 565 g/mol. The highest BCUT2D eigenvalue weighted by atomic mass is 35.5. The lowest BCUT2D eigenvalue weighted by atomic mass is 9.82. The minimum Gasteiger partial charge on any atom is -0.371 e. The van der Waals surface area contributed by atoms with Crippen LogP contribution in [0, 0.1) is 11.8 Å². The van der Waals surface area contributed by atoms with E-state index in [1.807, 2.05) is 12.1 Å². The van der Waals surface area contributed by atoms with Crippen LogP contribution in [0.4, 0.5) is 18.9 Å². The summed E-state index contributed by atoms with van der Waals surface area (Å²) in [6.07, 6.45) is -0.551. The van der Waals surface area contributed by atoms with Crippen LogP contribution in [0.2, 0.25) is 5.02 Å². The van der Waals surface area contributed by atoms with Gasteiger partial charge in [-0.3, -0.25) is 9.59 Å². The summed E-state index contributed by atoms with van der Waals surface area (Å²) in [5.74, 6) is -0.323. The molecule has 2 aromatic carbocycles. The van der Waals surface area contributed by atoms with Crippen LogP contribution in [0.3, 0.4) is 0 Å². The second kappa shape index (κ2) is 11.8. The van der Waals surface area contributed by atoms with Gasteiger partial charge in [-0.25, -0.2) is 0 Å². The third-order valence-electron chi connectivity index (χ3n) is 8.15. The smallest absolute Gasteiger partial charge is 0.371 e. The van der Waals surface area contributed by atoms with Crippen molar-refractivity contribution < 1.29 is 22.8 Å². The summed E-state index contributed by atoms with van der Waals surface area (Å²) in [7, 11) is 3.38. The summed E-state index contributed by atoms with van der Waals surface area (Å²) >= 11 is 6.39. The van der Waals surface area contributed by atoms with Crippen molar-refractivity contribution in [2.45, 2.75) is 43.8 Å². The number of carbonyl (C=O) groups is 2. The van der Waals surface area contributed by atoms with Gasteiger partial charge in [0.15, 0.2) is 0 Å². The molecule has 0 aromatic heterocycles. The van der Waals surface area contributed by atoms with Crippen molar-refractivity contribution in [3.8, 4) is 0 Å². The minimum atomic E-state index is -4.90. The van der Waals surface area contributed by atoms with E-state index < -0.39 is 17.6 Å². The maximum Gasteiger partial charge on any atom is 0.419 e. The highest BCUT2D eigenvalue weighted by Gasteiger charge is 2.60. The van der Waals surface area contributed by atoms with Crippen LogP contribution in [-0.4, -0.2) is 68.1 Å². The van der Waals surface area contributed by atoms with E-state index in [2.05, 4.69) is 4.90 Å². The number of nitrogens with two attached hydrogens (primary N) is 1. The number of amides is 2. The van der Waals surface area contributed by atoms with Gasteiger partial charge in [-0.2, -0.15) is 13.2 Å². The average Bonchev–Trinajstić information content (AvgIpc) is 2.92. The molecule has 2 fully saturated rings. The normalized spacial score (nSPS) is 19.1. The Bertz CT molecular complexity index is 1160. The molecule has 6 nitrogen and oxygen atoms in total. The van der Waals surface area contributed by atoms with Gasteiger partial charge in [0.25, 0.3) is 11.8 Å². The van der Waals surface area contributed by atoms with Gasteiger partial charge < -0.3 is 20.4 Å². The van der Waals surface area contributed by atoms with Crippen LogP contribution < -0.4 is 10.6 Å². The summed E-state index contributed by atoms with van der Waals surface area (Å²) in [6.45, 7) is 2.30. The Morgan fingerprint density at radius 2 is 1.51 bits per heavy atom. The number of benzene rings is 2. The molecule has 2 aromatic rings. The van der Waals surface area contributed by atoms with Crippen molar-refractivity contribution in [2.24, 2.45) is 17.6 Å². The molecule has 10 heteroatoms. The molecule has 0 aliphatic carbocycles. The number of alkyl halides is 3. The Hall–Kier alpha value is -2.78. The van der Waals surface area contributed by atoms with E-state index in [1.54, 1.807) is 26.2 Å². The Morgan fingerprint density at radius 3 is 2.03 bits per heavy atom. The molecular weight excluding hydrogens is 529 g/mol. The fraction of sp³-hybridized carbons (Fsp3) is 0.517. The fourth-order valence-corrected chi connectivity index (χ4v) is 6.00. The van der Waals surface area contributed by atoms with E-state index in [0.29, 0.717) is 35.3 Å². The first-order valence-corrected chi connectivity index (χ1v) is 13.8. The lowest BCUT2D eigenvalue weighted by Crippen LogP contribution is -2.62. The largest absolute Gasteiger partial charge is 0.419 e. The van der Waals surface area contributed by atoms with Gasteiger partial charge in [-0.1, -0.05) is 41.9 Å². The summed E-state index contributed by atoms with van der Waals surface area (Å²) in [5, 5.41) is 0.439. The van der Waals surface area contributed by atoms with Crippen LogP contribution in [0.5, 0.6) is 0 Å². The van der Waals surface area contributed by atoms with Crippen LogP contribution >= 0.6 is 11.6 Å². The molecule has 0 bridgehead atoms. The molecular formula is C29H36ClF3N4O2. The molecule has 0 unspecified atom stereocenters. The first kappa shape index (κ1) is 29.2. The van der Waals surface area contributed by atoms with Gasteiger partial charge in [0.05, 0.1) is 10.6 Å². The van der Waals surface area contributed by atoms with E-state index in [-0.39, 0.29) is 24.6 Å². The number of nitrogens with zero attached hydrogens (tertiary/aromatic N) is 3. The van der Waals surface area contributed by atoms with Gasteiger partial charge in [-0.05, 0) is 67.7 Å². The maximum absolute atomic E-state index is 14.0. The van der Waals surface area contributed by atoms with Crippen molar-refractivity contribution in [1.29, 1.82) is 0 Å². The standard InChI is InChI=1S/C29H36ClF3N4O2/c1-35(2)26(38)24-9-8-23(19-25(24)30)36-14-10-20(11-15-36)18-21-12-16-37(17-13-21)27(39)28(34,29(31,32)33)22-6-4-3-5-7-22/h3-9,19-21H,10-18,34H2,1-2H3/t28-/m1/s1. The first-order chi connectivity index (χ1) is 18.4. The molecule has 39 heavy (non-hydrogen) atoms. The minimum absolute atomic E-state index is 0.131. The number of hydrogen-bond donors (Lipinski definition) is 1. The van der Waals surface area contributed by atoms with Gasteiger partial charge >= 0.3 is 6.18 Å². The van der Waals surface area contributed by atoms with Gasteiger partial charge in [0, 0.05) is 46.0 Å². The summed E-state index contributed by atoms with van der Waals surface area (Å²) < 4.78 is 42.1. The number of rotatable bonds is 6. The molecule has 2 aliphatic rings. The second-order valence-corrected chi connectivity index (χ2v) is 11.3. The second-order valence-electron chi connectivity index (χ2n) is 10.9. The molecule has 4 rings (SSSR count). The predicted molar refractivity (Wildman–Crippen MR) is 147 cm³/mol. The number of likely N-dealkylation sites (tertiary alicyclic amines) is 1. The Balaban J connectivity index is 1.29. The van der Waals surface area contributed by atoms with E-state index in [4.69, 9.17) is 17.3 Å². The molecule has 1 atom stereocenters. The Morgan fingerprint density at radius 1 is 0.949 bits per heavy atom. The zero-order chi connectivity index (χ0) is 28.4. The molecule has 2 N–H and O–H groups in total. The molecule has 2 heterocycles. The van der Waals surface area contributed by atoms with Crippen molar-refractivity contribution >= 4 is 29.1 Å². The summed E-state index contributed by atoms with van der Waals surface area (Å²) in [5.41, 5.74) is 4.00. The van der Waals surface area contributed by atoms with Crippen molar-refractivity contribution in [3.63, 3.8) is 0 Å². The van der Waals surface area contributed by atoms with E-state index >= 15 is 0 Å². The van der Waals surface area contributed by atoms with Crippen molar-refractivity contribution in [1.82, 2.24) is 9.80 Å². The number of hydrogen-bond acceptors (Lipinski definition) is 4. The van der Waals surface area contributed by atoms with Gasteiger partial charge in [0.1, 0.15) is 0 Å². The topological polar surface area (TPSA) is 69.9 Å². The van der Waals surface area contributed by atoms with Gasteiger partial charge in [-0.15, -0.1) is 0 Å². The molecule has 0 spiro atoms. The third-order valence-corrected chi connectivity index (χ3v) is 8.46. The van der Waals surface area contributed by atoms with Crippen LogP contribution in [0.25, 0.3) is 0 Å². The molecule has 2 amide bonds. The van der Waals surface area contributed by atoms with Crippen LogP contribution in [0.1, 0.15) is 48.0 Å². The first-order valence-electron chi connectivity index (χ1n) is 13.4. The highest BCUT2D eigenvalue weighted by Crippen LogP contribution is 2.40. The van der Waals surface area contributed by atoms with Crippen molar-refractivity contribution in [3.05, 3.63) is 64.7 Å². The number of piperidine rings is 2. The Kier molecular flexibility index (Phi) is 8.81. The van der Waals surface area contributed by atoms with Crippen LogP contribution in [-0.2, 0) is 10.3 Å². The number of anilines is 1. The molecule has 2 saturated heterocycles. The van der Waals surface area contributed by atoms with E-state index in [1.165, 1.54) is 34.1 Å². The Labute approximate surface area is 232 Å². The predicted octanol–water partition coefficient (Wildman–Crippen LogP) is 5.30. The van der Waals surface area contributed by atoms with Crippen LogP contribution in [0.15, 0.2) is 48.5 Å². The lowest BCUT2D eigenvalue weighted by molar-refractivity contribution is -0.201. The van der Waals surface area contributed by atoms with E-state index in [9.17, 15) is 22.8 Å². The van der Waals surface area contributed by atoms with E-state index in [0.717, 1.165) is 38.0 Å². The SMILES string of the molecule is CN(C)C(=O)c1ccc(N2CCC(CC3CCN(C(=O)[C@](N)(c4ccccc4)C(F)(F)F)CC3)CC2)cc1Cl. The van der Waals surface area contributed by atoms with Crippen molar-refractivity contribution in [2.75, 3.05) is 45.2 Å².